The van der Waals surface area contributed by atoms with E-state index in [2.05, 4.69) is 0 Å². The van der Waals surface area contributed by atoms with Crippen LogP contribution in [0.1, 0.15) is 20.7 Å². The van der Waals surface area contributed by atoms with Gasteiger partial charge in [0.2, 0.25) is 0 Å². The summed E-state index contributed by atoms with van der Waals surface area (Å²) in [6.07, 6.45) is 0.603. The molecule has 0 fully saturated rings. The van der Waals surface area contributed by atoms with Gasteiger partial charge in [-0.1, -0.05) is 22.6 Å². The zero-order chi connectivity index (χ0) is 11.4. The number of aldehydes is 1. The van der Waals surface area contributed by atoms with Crippen LogP contribution >= 0.6 is 22.6 Å². The van der Waals surface area contributed by atoms with E-state index >= 15 is 0 Å². The van der Waals surface area contributed by atoms with Gasteiger partial charge in [-0.2, -0.15) is 0 Å². The predicted molar refractivity (Wildman–Crippen MR) is 63.3 cm³/mol. The molecule has 1 aromatic rings. The van der Waals surface area contributed by atoms with E-state index in [-0.39, 0.29) is 27.3 Å². The van der Waals surface area contributed by atoms with E-state index in [9.17, 15) is 14.7 Å². The Balaban J connectivity index is 3.36. The van der Waals surface area contributed by atoms with Crippen LogP contribution in [-0.4, -0.2) is 28.7 Å². The fourth-order valence-electron chi connectivity index (χ4n) is 1.14. The van der Waals surface area contributed by atoms with Crippen molar-refractivity contribution in [3.63, 3.8) is 0 Å². The molecule has 4 nitrogen and oxygen atoms in total. The highest BCUT2D eigenvalue weighted by molar-refractivity contribution is 14.1. The lowest BCUT2D eigenvalue weighted by atomic mass is 10.1. The second-order valence-corrected chi connectivity index (χ2v) is 3.56. The quantitative estimate of drug-likeness (QED) is 0.398. The second-order valence-electron chi connectivity index (χ2n) is 2.79. The highest BCUT2D eigenvalue weighted by Gasteiger charge is 2.15. The molecule has 0 spiro atoms. The first kappa shape index (κ1) is 12.0. The van der Waals surface area contributed by atoms with Gasteiger partial charge in [-0.3, -0.25) is 9.59 Å². The summed E-state index contributed by atoms with van der Waals surface area (Å²) in [6.45, 7) is 0. The van der Waals surface area contributed by atoms with Gasteiger partial charge in [0.15, 0.2) is 17.3 Å². The Hall–Kier alpha value is -1.11. The number of benzene rings is 1. The molecule has 0 radical (unpaired) electrons. The van der Waals surface area contributed by atoms with Gasteiger partial charge in [0, 0.05) is 5.56 Å². The van der Waals surface area contributed by atoms with Crippen LogP contribution < -0.4 is 4.74 Å². The summed E-state index contributed by atoms with van der Waals surface area (Å²) in [5.74, 6) is -0.326. The summed E-state index contributed by atoms with van der Waals surface area (Å²) < 4.78 is 5.09. The molecule has 15 heavy (non-hydrogen) atoms. The molecule has 0 amide bonds. The summed E-state index contributed by atoms with van der Waals surface area (Å²) in [5, 5.41) is 9.65. The average molecular weight is 320 g/mol. The molecule has 0 aromatic heterocycles. The van der Waals surface area contributed by atoms with E-state index in [1.165, 1.54) is 19.2 Å². The number of carbonyl (C=O) groups excluding carboxylic acids is 2. The Bertz CT molecular complexity index is 401. The molecule has 0 aliphatic heterocycles. The molecule has 0 aliphatic rings. The first-order chi connectivity index (χ1) is 7.13. The number of hydrogen-bond donors (Lipinski definition) is 1. The van der Waals surface area contributed by atoms with Crippen LogP contribution in [0.3, 0.4) is 0 Å². The third kappa shape index (κ3) is 2.47. The van der Waals surface area contributed by atoms with Gasteiger partial charge >= 0.3 is 0 Å². The SMILES string of the molecule is COc1cc(C=O)cc(C(=O)CI)c1O. The van der Waals surface area contributed by atoms with Crippen LogP contribution in [0.15, 0.2) is 12.1 Å². The van der Waals surface area contributed by atoms with E-state index in [0.717, 1.165) is 0 Å². The minimum atomic E-state index is -0.241. The second kappa shape index (κ2) is 5.11. The molecule has 0 unspecified atom stereocenters. The van der Waals surface area contributed by atoms with Gasteiger partial charge in [0.05, 0.1) is 17.1 Å². The lowest BCUT2D eigenvalue weighted by molar-refractivity contribution is 0.102. The zero-order valence-corrected chi connectivity index (χ0v) is 10.1. The van der Waals surface area contributed by atoms with Gasteiger partial charge in [0.1, 0.15) is 6.29 Å². The molecule has 0 saturated heterocycles. The molecule has 1 rings (SSSR count). The summed E-state index contributed by atoms with van der Waals surface area (Å²) >= 11 is 1.89. The summed E-state index contributed by atoms with van der Waals surface area (Å²) in [4.78, 5) is 22.0. The van der Waals surface area contributed by atoms with Crippen molar-refractivity contribution in [2.45, 2.75) is 0 Å². The fraction of sp³-hybridized carbons (Fsp3) is 0.200. The molecule has 5 heteroatoms. The number of phenols is 1. The van der Waals surface area contributed by atoms with E-state index < -0.39 is 0 Å². The van der Waals surface area contributed by atoms with Crippen LogP contribution in [0.5, 0.6) is 11.5 Å². The smallest absolute Gasteiger partial charge is 0.176 e. The van der Waals surface area contributed by atoms with Gasteiger partial charge in [-0.05, 0) is 12.1 Å². The van der Waals surface area contributed by atoms with Crippen LogP contribution in [0.4, 0.5) is 0 Å². The number of rotatable bonds is 4. The van der Waals surface area contributed by atoms with Crippen LogP contribution in [0.25, 0.3) is 0 Å². The normalized spacial score (nSPS) is 9.73. The Kier molecular flexibility index (Phi) is 4.07. The predicted octanol–water partition coefficient (Wildman–Crippen LogP) is 1.83. The monoisotopic (exact) mass is 320 g/mol. The molecular weight excluding hydrogens is 311 g/mol. The van der Waals surface area contributed by atoms with Crippen molar-refractivity contribution in [2.24, 2.45) is 0 Å². The standard InChI is InChI=1S/C10H9IO4/c1-15-9-3-6(5-12)2-7(10(9)14)8(13)4-11/h2-3,5,14H,4H2,1H3. The molecule has 0 bridgehead atoms. The molecular formula is C10H9IO4. The minimum Gasteiger partial charge on any atom is -0.504 e. The first-order valence-electron chi connectivity index (χ1n) is 4.09. The van der Waals surface area contributed by atoms with Crippen molar-refractivity contribution in [1.29, 1.82) is 0 Å². The Morgan fingerprint density at radius 2 is 2.27 bits per heavy atom. The summed E-state index contributed by atoms with van der Waals surface area (Å²) in [5.41, 5.74) is 0.420. The van der Waals surface area contributed by atoms with Crippen LogP contribution in [-0.2, 0) is 0 Å². The summed E-state index contributed by atoms with van der Waals surface area (Å²) in [7, 11) is 1.36. The van der Waals surface area contributed by atoms with E-state index in [1.54, 1.807) is 0 Å². The lowest BCUT2D eigenvalue weighted by Crippen LogP contribution is -2.02. The maximum atomic E-state index is 11.4. The lowest BCUT2D eigenvalue weighted by Gasteiger charge is -2.08. The molecule has 0 saturated carbocycles. The van der Waals surface area contributed by atoms with Crippen molar-refractivity contribution in [3.8, 4) is 11.5 Å². The number of phenolic OH excluding ortho intramolecular Hbond substituents is 1. The van der Waals surface area contributed by atoms with Crippen molar-refractivity contribution >= 4 is 34.7 Å². The Morgan fingerprint density at radius 1 is 1.60 bits per heavy atom. The number of ether oxygens (including phenoxy) is 1. The number of carbonyl (C=O) groups is 2. The van der Waals surface area contributed by atoms with Gasteiger partial charge in [-0.25, -0.2) is 0 Å². The molecule has 80 valence electrons. The Morgan fingerprint density at radius 3 is 2.73 bits per heavy atom. The molecule has 0 atom stereocenters. The van der Waals surface area contributed by atoms with Crippen LogP contribution in [0.2, 0.25) is 0 Å². The van der Waals surface area contributed by atoms with Crippen molar-refractivity contribution < 1.29 is 19.4 Å². The van der Waals surface area contributed by atoms with Crippen molar-refractivity contribution in [3.05, 3.63) is 23.3 Å². The van der Waals surface area contributed by atoms with E-state index in [1.807, 2.05) is 22.6 Å². The number of ketones is 1. The Labute approximate surface area is 100 Å². The summed E-state index contributed by atoms with van der Waals surface area (Å²) in [6, 6.07) is 2.73. The first-order valence-corrected chi connectivity index (χ1v) is 5.62. The minimum absolute atomic E-state index is 0.117. The van der Waals surface area contributed by atoms with Gasteiger partial charge in [-0.15, -0.1) is 0 Å². The number of Topliss-reactive ketones (excluding diaryl/α,β-unsaturated/α-hetero) is 1. The number of methoxy groups -OCH3 is 1. The fourth-order valence-corrected chi connectivity index (χ4v) is 1.55. The van der Waals surface area contributed by atoms with Gasteiger partial charge in [0.25, 0.3) is 0 Å². The molecule has 1 N–H and O–H groups in total. The highest BCUT2D eigenvalue weighted by atomic mass is 127. The number of halogens is 1. The topological polar surface area (TPSA) is 63.6 Å². The highest BCUT2D eigenvalue weighted by Crippen LogP contribution is 2.31. The van der Waals surface area contributed by atoms with E-state index in [4.69, 9.17) is 4.74 Å². The van der Waals surface area contributed by atoms with Crippen molar-refractivity contribution in [2.75, 3.05) is 11.5 Å². The maximum Gasteiger partial charge on any atom is 0.176 e. The maximum absolute atomic E-state index is 11.4. The number of hydrogen-bond acceptors (Lipinski definition) is 4. The zero-order valence-electron chi connectivity index (χ0n) is 7.99. The molecule has 0 aliphatic carbocycles. The molecule has 1 aromatic carbocycles. The van der Waals surface area contributed by atoms with Crippen molar-refractivity contribution in [1.82, 2.24) is 0 Å². The van der Waals surface area contributed by atoms with Gasteiger partial charge < -0.3 is 9.84 Å². The van der Waals surface area contributed by atoms with E-state index in [0.29, 0.717) is 11.8 Å². The number of alkyl halides is 1. The third-order valence-corrected chi connectivity index (χ3v) is 2.57. The van der Waals surface area contributed by atoms with Crippen LogP contribution in [0, 0.1) is 0 Å². The largest absolute Gasteiger partial charge is 0.504 e. The third-order valence-electron chi connectivity index (χ3n) is 1.88. The average Bonchev–Trinajstić information content (AvgIpc) is 2.28. The molecule has 0 heterocycles. The number of aromatic hydroxyl groups is 1.